The molecule has 0 aliphatic heterocycles. The normalized spacial score (nSPS) is 16.5. The number of benzene rings is 1. The number of hydrogen-bond acceptors (Lipinski definition) is 2. The minimum atomic E-state index is -0.163. The van der Waals surface area contributed by atoms with Crippen LogP contribution in [-0.2, 0) is 11.8 Å². The van der Waals surface area contributed by atoms with Gasteiger partial charge in [0.15, 0.2) is 0 Å². The van der Waals surface area contributed by atoms with Crippen LogP contribution in [0.3, 0.4) is 0 Å². The molecule has 2 aromatic heterocycles. The smallest absolute Gasteiger partial charge is 0.279 e. The Morgan fingerprint density at radius 3 is 2.33 bits per heavy atom. The number of nitrogens with one attached hydrogen (secondary N) is 1. The Balaban J connectivity index is 0.000000490. The molecular formula is C34H49ClN4O. The van der Waals surface area contributed by atoms with Crippen molar-refractivity contribution in [3.05, 3.63) is 75.9 Å². The predicted molar refractivity (Wildman–Crippen MR) is 173 cm³/mol. The van der Waals surface area contributed by atoms with Crippen LogP contribution in [0, 0.1) is 11.3 Å². The van der Waals surface area contributed by atoms with Gasteiger partial charge in [0.1, 0.15) is 11.4 Å². The fraction of sp³-hybridized carbons (Fsp3) is 0.529. The number of fused-ring (bicyclic) bond motifs is 1. The predicted octanol–water partition coefficient (Wildman–Crippen LogP) is 8.92. The van der Waals surface area contributed by atoms with Gasteiger partial charge in [0, 0.05) is 37.1 Å². The van der Waals surface area contributed by atoms with E-state index in [0.29, 0.717) is 16.0 Å². The summed E-state index contributed by atoms with van der Waals surface area (Å²) in [6, 6.07) is 10.3. The fourth-order valence-corrected chi connectivity index (χ4v) is 5.86. The summed E-state index contributed by atoms with van der Waals surface area (Å²) in [4.78, 5) is 23.3. The van der Waals surface area contributed by atoms with Crippen molar-refractivity contribution in [1.82, 2.24) is 14.5 Å². The van der Waals surface area contributed by atoms with Crippen LogP contribution in [0.1, 0.15) is 91.3 Å². The maximum absolute atomic E-state index is 13.3. The summed E-state index contributed by atoms with van der Waals surface area (Å²) >= 11 is 6.58. The van der Waals surface area contributed by atoms with E-state index in [1.54, 1.807) is 10.8 Å². The second-order valence-electron chi connectivity index (χ2n) is 11.9. The summed E-state index contributed by atoms with van der Waals surface area (Å²) in [7, 11) is 3.86. The Kier molecular flexibility index (Phi) is 10.5. The molecule has 0 saturated heterocycles. The first-order valence-electron chi connectivity index (χ1n) is 14.9. The molecule has 0 atom stereocenters. The number of nitrogens with zero attached hydrogens (tertiary/aromatic N) is 3. The molecule has 0 unspecified atom stereocenters. The van der Waals surface area contributed by atoms with Crippen LogP contribution in [0.4, 0.5) is 0 Å². The molecule has 2 aliphatic rings. The average Bonchev–Trinajstić information content (AvgIpc) is 3.59. The molecular weight excluding hydrogens is 516 g/mol. The number of halogens is 1. The standard InChI is InChI=1S/C26H29ClN4O.C5H12.C3H8/c1-5-18-13-20-21(27)14-31(23(32)22(20)29-18)19-9-7-8-17(12-19)26(15-25(16-26)10-11-25)24(28-3)30(4)6-2;1-4-5(2)3;1-3-2/h6-9,12-14,29H,2,5,10-11,15-16H2,1,3-4H3;5H,4H2,1-3H3;3H2,1-2H3. The third kappa shape index (κ3) is 6.40. The van der Waals surface area contributed by atoms with E-state index in [0.717, 1.165) is 47.8 Å². The van der Waals surface area contributed by atoms with Gasteiger partial charge in [-0.25, -0.2) is 0 Å². The van der Waals surface area contributed by atoms with Gasteiger partial charge in [0.25, 0.3) is 5.56 Å². The Hall–Kier alpha value is -2.79. The Labute approximate surface area is 246 Å². The van der Waals surface area contributed by atoms with Crippen LogP contribution >= 0.6 is 11.6 Å². The lowest BCUT2D eigenvalue weighted by Crippen LogP contribution is -2.53. The molecule has 1 aromatic carbocycles. The van der Waals surface area contributed by atoms with Gasteiger partial charge in [-0.2, -0.15) is 0 Å². The number of aliphatic imine (C=N–C) groups is 1. The van der Waals surface area contributed by atoms with Gasteiger partial charge in [-0.05, 0) is 73.4 Å². The van der Waals surface area contributed by atoms with E-state index >= 15 is 0 Å². The Morgan fingerprint density at radius 1 is 1.20 bits per heavy atom. The molecule has 0 radical (unpaired) electrons. The fourth-order valence-electron chi connectivity index (χ4n) is 5.61. The van der Waals surface area contributed by atoms with Crippen molar-refractivity contribution in [1.29, 1.82) is 0 Å². The van der Waals surface area contributed by atoms with Crippen molar-refractivity contribution in [3.63, 3.8) is 0 Å². The number of amidine groups is 1. The zero-order valence-corrected chi connectivity index (χ0v) is 26.7. The number of aryl methyl sites for hydroxylation is 1. The molecule has 1 spiro atoms. The monoisotopic (exact) mass is 564 g/mol. The molecule has 3 aromatic rings. The molecule has 0 bridgehead atoms. The maximum atomic E-state index is 13.3. The van der Waals surface area contributed by atoms with Gasteiger partial charge >= 0.3 is 0 Å². The van der Waals surface area contributed by atoms with Gasteiger partial charge in [0.2, 0.25) is 0 Å². The first-order valence-corrected chi connectivity index (χ1v) is 15.3. The largest absolute Gasteiger partial charge is 0.354 e. The van der Waals surface area contributed by atoms with E-state index in [1.807, 2.05) is 43.4 Å². The van der Waals surface area contributed by atoms with Crippen molar-refractivity contribution in [2.45, 2.75) is 91.9 Å². The van der Waals surface area contributed by atoms with Gasteiger partial charge in [0.05, 0.1) is 10.4 Å². The van der Waals surface area contributed by atoms with Crippen LogP contribution in [-0.4, -0.2) is 34.4 Å². The van der Waals surface area contributed by atoms with Crippen LogP contribution in [0.5, 0.6) is 0 Å². The Morgan fingerprint density at radius 2 is 1.82 bits per heavy atom. The van der Waals surface area contributed by atoms with Crippen LogP contribution in [0.15, 0.2) is 59.1 Å². The number of aromatic nitrogens is 2. The van der Waals surface area contributed by atoms with Crippen molar-refractivity contribution < 1.29 is 0 Å². The summed E-state index contributed by atoms with van der Waals surface area (Å²) in [5.41, 5.74) is 3.77. The van der Waals surface area contributed by atoms with Gasteiger partial charge in [-0.15, -0.1) is 0 Å². The molecule has 1 N–H and O–H groups in total. The molecule has 5 rings (SSSR count). The second-order valence-corrected chi connectivity index (χ2v) is 12.3. The second kappa shape index (κ2) is 13.2. The molecule has 218 valence electrons. The van der Waals surface area contributed by atoms with E-state index in [2.05, 4.69) is 70.2 Å². The lowest BCUT2D eigenvalue weighted by Gasteiger charge is -2.51. The van der Waals surface area contributed by atoms with E-state index in [4.69, 9.17) is 11.6 Å². The van der Waals surface area contributed by atoms with Gasteiger partial charge in [-0.3, -0.25) is 14.4 Å². The van der Waals surface area contributed by atoms with E-state index in [-0.39, 0.29) is 11.0 Å². The van der Waals surface area contributed by atoms with E-state index in [9.17, 15) is 4.79 Å². The molecule has 6 heteroatoms. The first kappa shape index (κ1) is 31.7. The van der Waals surface area contributed by atoms with Crippen LogP contribution in [0.25, 0.3) is 16.6 Å². The maximum Gasteiger partial charge on any atom is 0.279 e. The third-order valence-electron chi connectivity index (χ3n) is 8.24. The number of aromatic amines is 1. The summed E-state index contributed by atoms with van der Waals surface area (Å²) in [5, 5.41) is 1.35. The number of hydrogen-bond donors (Lipinski definition) is 1. The lowest BCUT2D eigenvalue weighted by atomic mass is 9.55. The first-order chi connectivity index (χ1) is 19.0. The molecule has 2 aliphatic carbocycles. The zero-order valence-electron chi connectivity index (χ0n) is 25.9. The molecule has 2 heterocycles. The lowest BCUT2D eigenvalue weighted by molar-refractivity contribution is 0.173. The van der Waals surface area contributed by atoms with Gasteiger partial charge in [-0.1, -0.05) is 84.7 Å². The summed E-state index contributed by atoms with van der Waals surface area (Å²) < 4.78 is 1.66. The summed E-state index contributed by atoms with van der Waals surface area (Å²) in [5.74, 6) is 1.91. The topological polar surface area (TPSA) is 53.4 Å². The van der Waals surface area contributed by atoms with Crippen LogP contribution < -0.4 is 5.56 Å². The van der Waals surface area contributed by atoms with E-state index < -0.39 is 0 Å². The number of pyridine rings is 1. The SMILES string of the molecule is C=CN(C)C(=NC)C1(c2cccc(-n3cc(Cl)c4cc(CC)[nH]c4c3=O)c2)CC2(CC2)C1.CCC.CCC(C)C. The minimum Gasteiger partial charge on any atom is -0.354 e. The highest BCUT2D eigenvalue weighted by molar-refractivity contribution is 6.35. The van der Waals surface area contributed by atoms with Crippen molar-refractivity contribution >= 4 is 28.3 Å². The van der Waals surface area contributed by atoms with Crippen molar-refractivity contribution in [2.75, 3.05) is 14.1 Å². The number of H-pyrrole nitrogens is 1. The zero-order chi connectivity index (χ0) is 29.7. The van der Waals surface area contributed by atoms with E-state index in [1.165, 1.54) is 31.2 Å². The molecule has 0 amide bonds. The van der Waals surface area contributed by atoms with Gasteiger partial charge < -0.3 is 9.88 Å². The molecule has 2 saturated carbocycles. The quantitative estimate of drug-likeness (QED) is 0.240. The highest BCUT2D eigenvalue weighted by Gasteiger charge is 2.63. The number of likely N-dealkylation sites (N-methyl/N-ethyl adjacent to an activating group) is 1. The average molecular weight is 565 g/mol. The molecule has 5 nitrogen and oxygen atoms in total. The molecule has 40 heavy (non-hydrogen) atoms. The summed E-state index contributed by atoms with van der Waals surface area (Å²) in [6.07, 6.45) is 11.7. The van der Waals surface area contributed by atoms with Crippen LogP contribution in [0.2, 0.25) is 5.02 Å². The summed E-state index contributed by atoms with van der Waals surface area (Å²) in [6.45, 7) is 16.9. The number of rotatable bonds is 6. The van der Waals surface area contributed by atoms with Crippen molar-refractivity contribution in [2.24, 2.45) is 16.3 Å². The van der Waals surface area contributed by atoms with Crippen molar-refractivity contribution in [3.8, 4) is 5.69 Å². The third-order valence-corrected chi connectivity index (χ3v) is 8.54. The highest BCUT2D eigenvalue weighted by Crippen LogP contribution is 2.69. The molecule has 2 fully saturated rings. The highest BCUT2D eigenvalue weighted by atomic mass is 35.5. The minimum absolute atomic E-state index is 0.0878. The Bertz CT molecular complexity index is 1380.